The number of hydrogen-bond donors (Lipinski definition) is 1. The van der Waals surface area contributed by atoms with Crippen molar-refractivity contribution in [1.29, 1.82) is 0 Å². The summed E-state index contributed by atoms with van der Waals surface area (Å²) >= 11 is 1.69. The molecule has 0 unspecified atom stereocenters. The zero-order chi connectivity index (χ0) is 14.7. The van der Waals surface area contributed by atoms with Crippen LogP contribution in [0, 0.1) is 5.82 Å². The van der Waals surface area contributed by atoms with Crippen molar-refractivity contribution >= 4 is 11.3 Å². The van der Waals surface area contributed by atoms with Gasteiger partial charge in [-0.2, -0.15) is 0 Å². The predicted octanol–water partition coefficient (Wildman–Crippen LogP) is 2.58. The third kappa shape index (κ3) is 3.17. The van der Waals surface area contributed by atoms with Crippen molar-refractivity contribution in [2.75, 3.05) is 0 Å². The third-order valence-corrected chi connectivity index (χ3v) is 4.13. The van der Waals surface area contributed by atoms with E-state index >= 15 is 0 Å². The molecular weight excluding hydrogens is 287 g/mol. The number of thiophene rings is 1. The van der Waals surface area contributed by atoms with Crippen LogP contribution in [-0.2, 0) is 19.5 Å². The molecule has 3 aromatic rings. The van der Waals surface area contributed by atoms with Gasteiger partial charge >= 0.3 is 0 Å². The van der Waals surface area contributed by atoms with Gasteiger partial charge in [-0.25, -0.2) is 4.39 Å². The average Bonchev–Trinajstić information content (AvgIpc) is 3.13. The minimum absolute atomic E-state index is 0.236. The normalized spacial score (nSPS) is 11.0. The van der Waals surface area contributed by atoms with Crippen LogP contribution in [-0.4, -0.2) is 14.8 Å². The summed E-state index contributed by atoms with van der Waals surface area (Å²) in [6.45, 7) is 0.930. The molecule has 108 valence electrons. The van der Waals surface area contributed by atoms with E-state index in [2.05, 4.69) is 16.3 Å². The van der Waals surface area contributed by atoms with Gasteiger partial charge in [0, 0.05) is 11.3 Å². The van der Waals surface area contributed by atoms with Crippen LogP contribution in [0.25, 0.3) is 0 Å². The molecule has 0 aliphatic rings. The zero-order valence-electron chi connectivity index (χ0n) is 11.4. The average molecular weight is 302 g/mol. The van der Waals surface area contributed by atoms with E-state index in [0.717, 1.165) is 23.6 Å². The Morgan fingerprint density at radius 2 is 1.86 bits per heavy atom. The first-order valence-electron chi connectivity index (χ1n) is 6.64. The second-order valence-corrected chi connectivity index (χ2v) is 5.74. The summed E-state index contributed by atoms with van der Waals surface area (Å²) in [5, 5.41) is 10.4. The molecule has 1 aromatic carbocycles. The quantitative estimate of drug-likeness (QED) is 0.788. The second kappa shape index (κ2) is 6.15. The number of nitrogens with zero attached hydrogens (tertiary/aromatic N) is 3. The maximum atomic E-state index is 13.0. The van der Waals surface area contributed by atoms with Gasteiger partial charge in [0.25, 0.3) is 0 Å². The molecule has 2 heterocycles. The summed E-state index contributed by atoms with van der Waals surface area (Å²) in [4.78, 5) is 1.23. The van der Waals surface area contributed by atoms with E-state index in [1.807, 2.05) is 16.0 Å². The van der Waals surface area contributed by atoms with Crippen LogP contribution in [0.4, 0.5) is 4.39 Å². The monoisotopic (exact) mass is 302 g/mol. The lowest BCUT2D eigenvalue weighted by molar-refractivity contribution is 0.625. The van der Waals surface area contributed by atoms with E-state index in [-0.39, 0.29) is 5.82 Å². The van der Waals surface area contributed by atoms with E-state index in [0.29, 0.717) is 13.1 Å². The molecule has 0 aliphatic carbocycles. The molecule has 0 atom stereocenters. The molecule has 4 nitrogen and oxygen atoms in total. The number of aromatic nitrogens is 3. The summed E-state index contributed by atoms with van der Waals surface area (Å²) < 4.78 is 15.0. The fourth-order valence-corrected chi connectivity index (χ4v) is 2.88. The molecule has 3 rings (SSSR count). The molecule has 2 N–H and O–H groups in total. The Morgan fingerprint density at radius 3 is 2.52 bits per heavy atom. The van der Waals surface area contributed by atoms with Crippen LogP contribution in [0.1, 0.15) is 22.1 Å². The molecule has 0 aliphatic heterocycles. The standard InChI is InChI=1S/C15H15FN4S/c16-12-5-3-11(4-6-12)10-20-14(18-19-15(20)9-17)8-13-2-1-7-21-13/h1-7H,8-10,17H2. The first-order valence-corrected chi connectivity index (χ1v) is 7.52. The predicted molar refractivity (Wildman–Crippen MR) is 80.5 cm³/mol. The topological polar surface area (TPSA) is 56.7 Å². The van der Waals surface area contributed by atoms with Crippen molar-refractivity contribution in [3.8, 4) is 0 Å². The molecule has 6 heteroatoms. The Bertz CT molecular complexity index is 704. The molecule has 0 radical (unpaired) electrons. The van der Waals surface area contributed by atoms with E-state index < -0.39 is 0 Å². The van der Waals surface area contributed by atoms with Crippen molar-refractivity contribution in [2.24, 2.45) is 5.73 Å². The summed E-state index contributed by atoms with van der Waals surface area (Å²) in [5.74, 6) is 1.38. The van der Waals surface area contributed by atoms with Gasteiger partial charge in [-0.05, 0) is 29.1 Å². The number of benzene rings is 1. The molecule has 0 bridgehead atoms. The molecule has 21 heavy (non-hydrogen) atoms. The van der Waals surface area contributed by atoms with Crippen LogP contribution >= 0.6 is 11.3 Å². The molecular formula is C15H15FN4S. The number of halogens is 1. The fourth-order valence-electron chi connectivity index (χ4n) is 2.18. The van der Waals surface area contributed by atoms with Crippen molar-refractivity contribution in [3.05, 3.63) is 69.7 Å². The molecule has 0 spiro atoms. The van der Waals surface area contributed by atoms with Crippen LogP contribution < -0.4 is 5.73 Å². The van der Waals surface area contributed by atoms with E-state index in [1.165, 1.54) is 17.0 Å². The Morgan fingerprint density at radius 1 is 1.10 bits per heavy atom. The van der Waals surface area contributed by atoms with Crippen molar-refractivity contribution < 1.29 is 4.39 Å². The lowest BCUT2D eigenvalue weighted by Crippen LogP contribution is -2.12. The highest BCUT2D eigenvalue weighted by Gasteiger charge is 2.12. The van der Waals surface area contributed by atoms with Gasteiger partial charge in [-0.1, -0.05) is 18.2 Å². The maximum absolute atomic E-state index is 13.0. The van der Waals surface area contributed by atoms with Crippen LogP contribution in [0.2, 0.25) is 0 Å². The molecule has 0 fully saturated rings. The smallest absolute Gasteiger partial charge is 0.147 e. The van der Waals surface area contributed by atoms with Crippen LogP contribution in [0.15, 0.2) is 41.8 Å². The maximum Gasteiger partial charge on any atom is 0.147 e. The third-order valence-electron chi connectivity index (χ3n) is 3.25. The Kier molecular flexibility index (Phi) is 4.08. The summed E-state index contributed by atoms with van der Waals surface area (Å²) in [6, 6.07) is 10.5. The van der Waals surface area contributed by atoms with E-state index in [9.17, 15) is 4.39 Å². The highest BCUT2D eigenvalue weighted by atomic mass is 32.1. The van der Waals surface area contributed by atoms with Crippen molar-refractivity contribution in [3.63, 3.8) is 0 Å². The minimum atomic E-state index is -0.236. The Labute approximate surface area is 126 Å². The molecule has 2 aromatic heterocycles. The Hall–Kier alpha value is -2.05. The zero-order valence-corrected chi connectivity index (χ0v) is 12.2. The highest BCUT2D eigenvalue weighted by molar-refractivity contribution is 7.09. The van der Waals surface area contributed by atoms with Crippen LogP contribution in [0.5, 0.6) is 0 Å². The van der Waals surface area contributed by atoms with Gasteiger partial charge in [0.2, 0.25) is 0 Å². The van der Waals surface area contributed by atoms with Gasteiger partial charge < -0.3 is 10.3 Å². The van der Waals surface area contributed by atoms with Crippen molar-refractivity contribution in [2.45, 2.75) is 19.5 Å². The summed E-state index contributed by atoms with van der Waals surface area (Å²) in [5.41, 5.74) is 6.73. The molecule has 0 amide bonds. The molecule has 0 saturated heterocycles. The van der Waals surface area contributed by atoms with Gasteiger partial charge in [0.1, 0.15) is 17.5 Å². The van der Waals surface area contributed by atoms with Crippen LogP contribution in [0.3, 0.4) is 0 Å². The second-order valence-electron chi connectivity index (χ2n) is 4.71. The Balaban J connectivity index is 1.88. The lowest BCUT2D eigenvalue weighted by Gasteiger charge is -2.09. The summed E-state index contributed by atoms with van der Waals surface area (Å²) in [7, 11) is 0. The number of hydrogen-bond acceptors (Lipinski definition) is 4. The first kappa shape index (κ1) is 13.9. The number of nitrogens with two attached hydrogens (primary N) is 1. The lowest BCUT2D eigenvalue weighted by atomic mass is 10.2. The summed E-state index contributed by atoms with van der Waals surface area (Å²) in [6.07, 6.45) is 0.728. The van der Waals surface area contributed by atoms with Crippen molar-refractivity contribution in [1.82, 2.24) is 14.8 Å². The number of rotatable bonds is 5. The van der Waals surface area contributed by atoms with E-state index in [4.69, 9.17) is 5.73 Å². The van der Waals surface area contributed by atoms with Gasteiger partial charge in [0.15, 0.2) is 0 Å². The first-order chi connectivity index (χ1) is 10.3. The SMILES string of the molecule is NCc1nnc(Cc2cccs2)n1Cc1ccc(F)cc1. The highest BCUT2D eigenvalue weighted by Crippen LogP contribution is 2.16. The van der Waals surface area contributed by atoms with Gasteiger partial charge in [0.05, 0.1) is 13.1 Å². The molecule has 0 saturated carbocycles. The van der Waals surface area contributed by atoms with Gasteiger partial charge in [-0.15, -0.1) is 21.5 Å². The van der Waals surface area contributed by atoms with E-state index in [1.54, 1.807) is 23.5 Å². The van der Waals surface area contributed by atoms with Gasteiger partial charge in [-0.3, -0.25) is 0 Å². The fraction of sp³-hybridized carbons (Fsp3) is 0.200. The minimum Gasteiger partial charge on any atom is -0.324 e. The largest absolute Gasteiger partial charge is 0.324 e.